The van der Waals surface area contributed by atoms with Crippen molar-refractivity contribution < 1.29 is 48.3 Å². The van der Waals surface area contributed by atoms with Gasteiger partial charge in [-0.2, -0.15) is 5.10 Å². The fourth-order valence-corrected chi connectivity index (χ4v) is 9.17. The molecule has 1 saturated heterocycles. The molecule has 7 N–H and O–H groups in total. The van der Waals surface area contributed by atoms with Gasteiger partial charge in [0, 0.05) is 54.5 Å². The molecule has 0 aliphatic carbocycles. The van der Waals surface area contributed by atoms with E-state index in [1.165, 1.54) is 4.90 Å². The number of thiazole rings is 1. The third kappa shape index (κ3) is 15.2. The molecule has 4 amide bonds. The number of β-amino-alcohol motifs (C(OH)–C–C–N with tert-alkyl or cyclic N) is 1. The van der Waals surface area contributed by atoms with Gasteiger partial charge in [0.1, 0.15) is 24.4 Å². The molecule has 6 aromatic rings. The number of carbonyl (C=O) groups excluding carboxylic acids is 4. The van der Waals surface area contributed by atoms with Crippen LogP contribution < -0.4 is 21.7 Å². The Balaban J connectivity index is 0.722. The number of benzene rings is 3. The maximum absolute atomic E-state index is 13.9. The molecule has 0 spiro atoms. The van der Waals surface area contributed by atoms with E-state index in [2.05, 4.69) is 36.2 Å². The molecule has 0 radical (unpaired) electrons. The molecule has 1 unspecified atom stereocenters. The Morgan fingerprint density at radius 1 is 0.853 bits per heavy atom. The fourth-order valence-electron chi connectivity index (χ4n) is 8.36. The predicted octanol–water partition coefficient (Wildman–Crippen LogP) is 4.94. The van der Waals surface area contributed by atoms with Gasteiger partial charge in [-0.15, -0.1) is 21.5 Å². The number of aromatic nitrogens is 5. The lowest BCUT2D eigenvalue weighted by molar-refractivity contribution is -0.144. The topological polar surface area (TPSA) is 268 Å². The molecular weight excluding hydrogens is 981 g/mol. The van der Waals surface area contributed by atoms with Gasteiger partial charge < -0.3 is 55.7 Å². The van der Waals surface area contributed by atoms with Gasteiger partial charge in [0.2, 0.25) is 17.7 Å². The molecule has 3 aromatic carbocycles. The molecule has 4 atom stereocenters. The van der Waals surface area contributed by atoms with Crippen molar-refractivity contribution in [2.45, 2.75) is 71.8 Å². The van der Waals surface area contributed by atoms with Crippen LogP contribution in [0.5, 0.6) is 5.75 Å². The van der Waals surface area contributed by atoms with E-state index in [1.807, 2.05) is 83.3 Å². The number of nitrogens with zero attached hydrogens (tertiary/aromatic N) is 6. The number of rotatable bonds is 25. The summed E-state index contributed by atoms with van der Waals surface area (Å²) in [4.78, 5) is 59.9. The first-order valence-corrected chi connectivity index (χ1v) is 25.7. The normalized spacial score (nSPS) is 15.4. The van der Waals surface area contributed by atoms with E-state index in [9.17, 15) is 29.4 Å². The van der Waals surface area contributed by atoms with E-state index in [0.717, 1.165) is 32.8 Å². The summed E-state index contributed by atoms with van der Waals surface area (Å²) >= 11 is 1.57. The Bertz CT molecular complexity index is 2850. The van der Waals surface area contributed by atoms with Crippen molar-refractivity contribution in [1.29, 1.82) is 0 Å². The number of hydrogen-bond acceptors (Lipinski definition) is 16. The smallest absolute Gasteiger partial charge is 0.251 e. The molecule has 398 valence electrons. The number of aryl methyl sites for hydroxylation is 1. The summed E-state index contributed by atoms with van der Waals surface area (Å²) < 4.78 is 24.0. The number of nitrogens with one attached hydrogen (secondary N) is 3. The highest BCUT2D eigenvalue weighted by molar-refractivity contribution is 7.13. The SMILES string of the molecule is Cc1ncsc1-c1ccc(CNC(=O)[C@@H]2C[C@@H](O)CN2C(=O)[C@@H](NC(=O)COCCOCCOCCOCCNC(=O)c2ccc(C(C)n3cc(-c4cc(-c5ccccc5O)nnc4N)cn3)cc2)C(C)(C)C)cc1. The van der Waals surface area contributed by atoms with Crippen molar-refractivity contribution >= 4 is 40.8 Å². The molecule has 1 aliphatic rings. The van der Waals surface area contributed by atoms with Crippen molar-refractivity contribution in [2.24, 2.45) is 5.41 Å². The number of aromatic hydroxyl groups is 1. The number of carbonyl (C=O) groups is 4. The van der Waals surface area contributed by atoms with E-state index in [1.54, 1.807) is 64.1 Å². The Labute approximate surface area is 440 Å². The Hall–Kier alpha value is -7.14. The summed E-state index contributed by atoms with van der Waals surface area (Å²) in [7, 11) is 0. The number of nitrogen functional groups attached to an aromatic ring is 1. The molecular formula is C54H66N10O10S. The van der Waals surface area contributed by atoms with E-state index in [0.29, 0.717) is 62.0 Å². The molecule has 1 aliphatic heterocycles. The molecule has 20 nitrogen and oxygen atoms in total. The van der Waals surface area contributed by atoms with Crippen LogP contribution >= 0.6 is 11.3 Å². The first kappa shape index (κ1) is 55.6. The lowest BCUT2D eigenvalue weighted by Gasteiger charge is -2.35. The average Bonchev–Trinajstić information content (AvgIpc) is 4.18. The summed E-state index contributed by atoms with van der Waals surface area (Å²) in [6.45, 7) is 11.6. The van der Waals surface area contributed by atoms with Gasteiger partial charge in [-0.3, -0.25) is 23.9 Å². The van der Waals surface area contributed by atoms with E-state index in [-0.39, 0.29) is 68.8 Å². The Kier molecular flexibility index (Phi) is 19.6. The first-order chi connectivity index (χ1) is 36.1. The molecule has 1 fully saturated rings. The highest BCUT2D eigenvalue weighted by Crippen LogP contribution is 2.33. The van der Waals surface area contributed by atoms with Crippen molar-refractivity contribution in [2.75, 3.05) is 71.7 Å². The van der Waals surface area contributed by atoms with E-state index in [4.69, 9.17) is 24.7 Å². The number of nitrogens with two attached hydrogens (primary N) is 1. The summed E-state index contributed by atoms with van der Waals surface area (Å²) in [6, 6.07) is 21.8. The van der Waals surface area contributed by atoms with Crippen LogP contribution in [-0.4, -0.2) is 148 Å². The Morgan fingerprint density at radius 3 is 2.20 bits per heavy atom. The lowest BCUT2D eigenvalue weighted by atomic mass is 9.85. The second-order valence-corrected chi connectivity index (χ2v) is 20.0. The molecule has 3 aromatic heterocycles. The standard InChI is InChI=1S/C54H66N10O10S/c1-34-48(75-33-58-34)38-12-10-36(11-13-38)28-57-52(69)45-26-41(65)31-63(45)53(70)49(54(3,4)5)60-47(67)32-74-25-24-73-23-22-72-21-20-71-19-18-56-51(68)39-16-14-37(15-17-39)35(2)64-30-40(29-59-64)43-27-44(61-62-50(43)55)42-8-6-7-9-46(42)66/h6-17,27,29-30,33,35,41,45,49,65-66H,18-26,28,31-32H2,1-5H3,(H2,55,62)(H,56,68)(H,57,69)(H,60,67)/t35?,41-,45+,49-/m1/s1. The quantitative estimate of drug-likeness (QED) is 0.0415. The molecule has 0 bridgehead atoms. The monoisotopic (exact) mass is 1050 g/mol. The highest BCUT2D eigenvalue weighted by atomic mass is 32.1. The van der Waals surface area contributed by atoms with Gasteiger partial charge in [-0.05, 0) is 66.3 Å². The van der Waals surface area contributed by atoms with Crippen LogP contribution in [0.25, 0.3) is 32.8 Å². The Morgan fingerprint density at radius 2 is 1.53 bits per heavy atom. The zero-order chi connectivity index (χ0) is 53.5. The van der Waals surface area contributed by atoms with Crippen molar-refractivity contribution in [3.05, 3.63) is 119 Å². The largest absolute Gasteiger partial charge is 0.507 e. The number of amides is 4. The number of hydrogen-bond donors (Lipinski definition) is 6. The summed E-state index contributed by atoms with van der Waals surface area (Å²) in [5.74, 6) is -1.24. The van der Waals surface area contributed by atoms with Crippen LogP contribution in [0.3, 0.4) is 0 Å². The molecule has 75 heavy (non-hydrogen) atoms. The number of aliphatic hydroxyl groups excluding tert-OH is 1. The van der Waals surface area contributed by atoms with Gasteiger partial charge in [0.15, 0.2) is 5.82 Å². The average molecular weight is 1050 g/mol. The summed E-state index contributed by atoms with van der Waals surface area (Å²) in [5, 5.41) is 42.2. The number of para-hydroxylation sites is 1. The molecule has 7 rings (SSSR count). The maximum atomic E-state index is 13.9. The van der Waals surface area contributed by atoms with Crippen LogP contribution in [-0.2, 0) is 39.9 Å². The van der Waals surface area contributed by atoms with E-state index < -0.39 is 35.4 Å². The zero-order valence-electron chi connectivity index (χ0n) is 42.9. The van der Waals surface area contributed by atoms with Gasteiger partial charge in [0.25, 0.3) is 5.91 Å². The second kappa shape index (κ2) is 26.4. The summed E-state index contributed by atoms with van der Waals surface area (Å²) in [6.07, 6.45) is 2.77. The predicted molar refractivity (Wildman–Crippen MR) is 282 cm³/mol. The second-order valence-electron chi connectivity index (χ2n) is 19.1. The number of aliphatic hydroxyl groups is 1. The zero-order valence-corrected chi connectivity index (χ0v) is 43.7. The first-order valence-electron chi connectivity index (χ1n) is 24.8. The van der Waals surface area contributed by atoms with Crippen molar-refractivity contribution in [3.8, 4) is 38.6 Å². The van der Waals surface area contributed by atoms with Gasteiger partial charge in [-0.25, -0.2) is 4.98 Å². The minimum Gasteiger partial charge on any atom is -0.507 e. The number of anilines is 1. The van der Waals surface area contributed by atoms with Gasteiger partial charge >= 0.3 is 0 Å². The number of likely N-dealkylation sites (tertiary alicyclic amines) is 1. The molecule has 21 heteroatoms. The van der Waals surface area contributed by atoms with Gasteiger partial charge in [0.05, 0.1) is 86.4 Å². The lowest BCUT2D eigenvalue weighted by Crippen LogP contribution is -2.58. The molecule has 0 saturated carbocycles. The van der Waals surface area contributed by atoms with E-state index >= 15 is 0 Å². The van der Waals surface area contributed by atoms with Crippen LogP contribution in [0.15, 0.2) is 96.8 Å². The van der Waals surface area contributed by atoms with Crippen LogP contribution in [0, 0.1) is 12.3 Å². The fraction of sp³-hybridized carbons (Fsp3) is 0.407. The van der Waals surface area contributed by atoms with Crippen molar-refractivity contribution in [1.82, 2.24) is 45.8 Å². The minimum absolute atomic E-state index is 0.0281. The van der Waals surface area contributed by atoms with Crippen molar-refractivity contribution in [3.63, 3.8) is 0 Å². The van der Waals surface area contributed by atoms with Gasteiger partial charge in [-0.1, -0.05) is 69.3 Å². The van der Waals surface area contributed by atoms with Crippen LogP contribution in [0.4, 0.5) is 5.82 Å². The highest BCUT2D eigenvalue weighted by Gasteiger charge is 2.44. The van der Waals surface area contributed by atoms with Crippen LogP contribution in [0.1, 0.15) is 67.3 Å². The summed E-state index contributed by atoms with van der Waals surface area (Å²) in [5.41, 5.74) is 14.0. The number of phenolic OH excluding ortho intramolecular Hbond substituents is 1. The minimum atomic E-state index is -0.980. The maximum Gasteiger partial charge on any atom is 0.251 e. The molecule has 4 heterocycles. The number of ether oxygens (including phenoxy) is 4. The third-order valence-corrected chi connectivity index (χ3v) is 13.5. The van der Waals surface area contributed by atoms with Crippen LogP contribution in [0.2, 0.25) is 0 Å². The third-order valence-electron chi connectivity index (χ3n) is 12.6. The number of phenols is 1.